The fourth-order valence-electron chi connectivity index (χ4n) is 10.2. The van der Waals surface area contributed by atoms with Gasteiger partial charge in [-0.3, -0.25) is 9.80 Å². The molecule has 0 bridgehead atoms. The standard InChI is InChI=1S/2C27H37ClN4O3/c2*1-19(2)35-26-7-5-4-6-24(26)32-16-14-31(15-17-32)22-11-8-20(9-12-22)29-27(33)30-21-10-13-25(34-3)23(28)18-21/h2*4-7,10,13,18-20,22H,8-9,11-12,14-17H2,1-3H3,(H2,29,30,33). The van der Waals surface area contributed by atoms with Gasteiger partial charge in [0.25, 0.3) is 0 Å². The van der Waals surface area contributed by atoms with Gasteiger partial charge in [0, 0.05) is 87.9 Å². The SMILES string of the molecule is COc1ccc(NC(=O)NC2CCC(N3CCN(c4ccccc4OC(C)C)CC3)CC2)cc1Cl.COc1ccc(NC(=O)NC2CCC(N3CCN(c4ccccc4OC(C)C)CC3)CC2)cc1Cl. The van der Waals surface area contributed by atoms with Crippen LogP contribution in [0.1, 0.15) is 79.1 Å². The van der Waals surface area contributed by atoms with Crippen LogP contribution in [0, 0.1) is 0 Å². The number of amides is 4. The maximum absolute atomic E-state index is 12.5. The van der Waals surface area contributed by atoms with Crippen molar-refractivity contribution in [3.63, 3.8) is 0 Å². The second-order valence-corrected chi connectivity index (χ2v) is 20.0. The molecule has 4 aliphatic rings. The third-order valence-corrected chi connectivity index (χ3v) is 14.3. The topological polar surface area (TPSA) is 132 Å². The summed E-state index contributed by atoms with van der Waals surface area (Å²) in [6, 6.07) is 28.3. The Morgan fingerprint density at radius 3 is 1.19 bits per heavy atom. The average molecular weight is 1000 g/mol. The van der Waals surface area contributed by atoms with Gasteiger partial charge in [-0.25, -0.2) is 9.59 Å². The number of nitrogens with zero attached hydrogens (tertiary/aromatic N) is 4. The molecule has 8 rings (SSSR count). The van der Waals surface area contributed by atoms with Crippen molar-refractivity contribution >= 4 is 58.0 Å². The molecule has 2 heterocycles. The summed E-state index contributed by atoms with van der Waals surface area (Å²) >= 11 is 12.3. The van der Waals surface area contributed by atoms with Gasteiger partial charge >= 0.3 is 12.1 Å². The molecule has 2 saturated carbocycles. The number of carbonyl (C=O) groups is 2. The molecule has 380 valence electrons. The molecular formula is C54H74Cl2N8O6. The Balaban J connectivity index is 0.000000206. The van der Waals surface area contributed by atoms with Crippen molar-refractivity contribution in [2.24, 2.45) is 0 Å². The first-order valence-electron chi connectivity index (χ1n) is 25.2. The monoisotopic (exact) mass is 1000 g/mol. The molecule has 70 heavy (non-hydrogen) atoms. The second-order valence-electron chi connectivity index (χ2n) is 19.2. The summed E-state index contributed by atoms with van der Waals surface area (Å²) in [6.07, 6.45) is 8.71. The third kappa shape index (κ3) is 14.9. The molecule has 14 nitrogen and oxygen atoms in total. The van der Waals surface area contributed by atoms with E-state index < -0.39 is 0 Å². The van der Waals surface area contributed by atoms with Crippen LogP contribution in [0.25, 0.3) is 0 Å². The molecule has 0 aromatic heterocycles. The van der Waals surface area contributed by atoms with E-state index in [9.17, 15) is 9.59 Å². The number of piperazine rings is 2. The third-order valence-electron chi connectivity index (χ3n) is 13.7. The maximum Gasteiger partial charge on any atom is 0.319 e. The molecule has 2 aliphatic carbocycles. The number of hydrogen-bond acceptors (Lipinski definition) is 10. The van der Waals surface area contributed by atoms with Crippen molar-refractivity contribution in [1.82, 2.24) is 20.4 Å². The van der Waals surface area contributed by atoms with E-state index in [1.807, 2.05) is 12.1 Å². The minimum atomic E-state index is -0.189. The zero-order chi connectivity index (χ0) is 49.6. The number of carbonyl (C=O) groups excluding carboxylic acids is 2. The first kappa shape index (κ1) is 52.5. The lowest BCUT2D eigenvalue weighted by atomic mass is 9.90. The zero-order valence-corrected chi connectivity index (χ0v) is 43.4. The van der Waals surface area contributed by atoms with Crippen LogP contribution in [-0.2, 0) is 0 Å². The normalized spacial score (nSPS) is 21.0. The van der Waals surface area contributed by atoms with Crippen LogP contribution >= 0.6 is 23.2 Å². The van der Waals surface area contributed by atoms with Crippen molar-refractivity contribution in [2.75, 3.05) is 87.0 Å². The maximum atomic E-state index is 12.5. The number of nitrogens with one attached hydrogen (secondary N) is 4. The highest BCUT2D eigenvalue weighted by Gasteiger charge is 2.31. The molecule has 0 atom stereocenters. The number of benzene rings is 4. The van der Waals surface area contributed by atoms with Crippen molar-refractivity contribution in [3.8, 4) is 23.0 Å². The van der Waals surface area contributed by atoms with Crippen LogP contribution in [0.3, 0.4) is 0 Å². The summed E-state index contributed by atoms with van der Waals surface area (Å²) in [5.74, 6) is 3.12. The first-order chi connectivity index (χ1) is 33.8. The number of hydrogen-bond donors (Lipinski definition) is 4. The van der Waals surface area contributed by atoms with Crippen LogP contribution in [0.4, 0.5) is 32.3 Å². The highest BCUT2D eigenvalue weighted by Crippen LogP contribution is 2.34. The van der Waals surface area contributed by atoms with E-state index in [1.54, 1.807) is 50.6 Å². The highest BCUT2D eigenvalue weighted by molar-refractivity contribution is 6.32. The van der Waals surface area contributed by atoms with Crippen LogP contribution in [0.15, 0.2) is 84.9 Å². The van der Waals surface area contributed by atoms with Crippen LogP contribution in [0.2, 0.25) is 10.0 Å². The summed E-state index contributed by atoms with van der Waals surface area (Å²) in [6.45, 7) is 16.5. The van der Waals surface area contributed by atoms with Gasteiger partial charge in [0.15, 0.2) is 0 Å². The molecule has 16 heteroatoms. The molecule has 4 N–H and O–H groups in total. The van der Waals surface area contributed by atoms with Crippen molar-refractivity contribution in [2.45, 2.75) is 115 Å². The molecule has 0 spiro atoms. The van der Waals surface area contributed by atoms with E-state index >= 15 is 0 Å². The average Bonchev–Trinajstić information content (AvgIpc) is 3.35. The van der Waals surface area contributed by atoms with E-state index in [4.69, 9.17) is 42.1 Å². The summed E-state index contributed by atoms with van der Waals surface area (Å²) in [5, 5.41) is 12.9. The number of halogens is 2. The number of urea groups is 2. The van der Waals surface area contributed by atoms with E-state index in [-0.39, 0.29) is 36.4 Å². The summed E-state index contributed by atoms with van der Waals surface area (Å²) in [4.78, 5) is 35.1. The molecule has 4 amide bonds. The van der Waals surface area contributed by atoms with Gasteiger partial charge in [-0.05, 0) is 140 Å². The van der Waals surface area contributed by atoms with Crippen molar-refractivity contribution < 1.29 is 28.5 Å². The minimum absolute atomic E-state index is 0.164. The van der Waals surface area contributed by atoms with Gasteiger partial charge in [0.1, 0.15) is 23.0 Å². The first-order valence-corrected chi connectivity index (χ1v) is 25.9. The van der Waals surface area contributed by atoms with Gasteiger partial charge in [0.05, 0.1) is 47.8 Å². The number of ether oxygens (including phenoxy) is 4. The van der Waals surface area contributed by atoms with Gasteiger partial charge in [0.2, 0.25) is 0 Å². The lowest BCUT2D eigenvalue weighted by Crippen LogP contribution is -2.52. The smallest absolute Gasteiger partial charge is 0.319 e. The molecule has 4 fully saturated rings. The predicted molar refractivity (Wildman–Crippen MR) is 284 cm³/mol. The fraction of sp³-hybridized carbons (Fsp3) is 0.519. The molecule has 2 saturated heterocycles. The largest absolute Gasteiger partial charge is 0.495 e. The molecular weight excluding hydrogens is 928 g/mol. The molecule has 0 radical (unpaired) electrons. The van der Waals surface area contributed by atoms with Crippen LogP contribution < -0.4 is 50.0 Å². The second kappa shape index (κ2) is 25.7. The van der Waals surface area contributed by atoms with E-state index in [2.05, 4.69) is 105 Å². The Morgan fingerprint density at radius 1 is 0.500 bits per heavy atom. The zero-order valence-electron chi connectivity index (χ0n) is 41.9. The summed E-state index contributed by atoms with van der Waals surface area (Å²) in [5.41, 5.74) is 3.69. The predicted octanol–water partition coefficient (Wildman–Crippen LogP) is 10.8. The number of anilines is 4. The van der Waals surface area contributed by atoms with Crippen LogP contribution in [0.5, 0.6) is 23.0 Å². The number of para-hydroxylation sites is 4. The van der Waals surface area contributed by atoms with Gasteiger partial charge in [-0.15, -0.1) is 0 Å². The lowest BCUT2D eigenvalue weighted by molar-refractivity contribution is 0.137. The Labute approximate surface area is 425 Å². The van der Waals surface area contributed by atoms with E-state index in [1.165, 1.54) is 11.4 Å². The minimum Gasteiger partial charge on any atom is -0.495 e. The number of methoxy groups -OCH3 is 2. The van der Waals surface area contributed by atoms with E-state index in [0.29, 0.717) is 45.0 Å². The molecule has 2 aliphatic heterocycles. The molecule has 4 aromatic carbocycles. The Hall–Kier alpha value is -5.28. The highest BCUT2D eigenvalue weighted by atomic mass is 35.5. The van der Waals surface area contributed by atoms with Gasteiger partial charge < -0.3 is 50.0 Å². The number of rotatable bonds is 14. The fourth-order valence-corrected chi connectivity index (χ4v) is 10.7. The van der Waals surface area contributed by atoms with Crippen LogP contribution in [-0.4, -0.2) is 125 Å². The quantitative estimate of drug-likeness (QED) is 0.0968. The Bertz CT molecular complexity index is 2130. The molecule has 0 unspecified atom stereocenters. The lowest BCUT2D eigenvalue weighted by Gasteiger charge is -2.43. The van der Waals surface area contributed by atoms with E-state index in [0.717, 1.165) is 115 Å². The van der Waals surface area contributed by atoms with Crippen molar-refractivity contribution in [3.05, 3.63) is 95.0 Å². The summed E-state index contributed by atoms with van der Waals surface area (Å²) < 4.78 is 22.4. The van der Waals surface area contributed by atoms with Gasteiger partial charge in [-0.2, -0.15) is 0 Å². The Morgan fingerprint density at radius 2 is 0.857 bits per heavy atom. The van der Waals surface area contributed by atoms with Crippen molar-refractivity contribution in [1.29, 1.82) is 0 Å². The Kier molecular flexibility index (Phi) is 19.3. The van der Waals surface area contributed by atoms with Gasteiger partial charge in [-0.1, -0.05) is 47.5 Å². The molecule has 4 aromatic rings. The summed E-state index contributed by atoms with van der Waals surface area (Å²) in [7, 11) is 3.14.